The van der Waals surface area contributed by atoms with E-state index in [9.17, 15) is 19.2 Å². The van der Waals surface area contributed by atoms with Gasteiger partial charge < -0.3 is 24.8 Å². The number of hydrogen-bond acceptors (Lipinski definition) is 8. The van der Waals surface area contributed by atoms with Gasteiger partial charge in [0.1, 0.15) is 17.8 Å². The zero-order valence-electron chi connectivity index (χ0n) is 25.6. The molecular formula is C33H36N4O7. The number of ether oxygens (including phenoxy) is 3. The van der Waals surface area contributed by atoms with Crippen LogP contribution < -0.4 is 20.1 Å². The summed E-state index contributed by atoms with van der Waals surface area (Å²) in [5.41, 5.74) is 3.11. The summed E-state index contributed by atoms with van der Waals surface area (Å²) >= 11 is 0. The monoisotopic (exact) mass is 600 g/mol. The van der Waals surface area contributed by atoms with Gasteiger partial charge in [-0.2, -0.15) is 0 Å². The third-order valence-electron chi connectivity index (χ3n) is 6.67. The topological polar surface area (TPSA) is 138 Å². The third kappa shape index (κ3) is 7.05. The third-order valence-corrected chi connectivity index (χ3v) is 6.67. The first-order valence-electron chi connectivity index (χ1n) is 14.3. The maximum atomic E-state index is 13.4. The number of rotatable bonds is 9. The molecule has 230 valence electrons. The normalized spacial score (nSPS) is 11.1. The molecule has 0 saturated heterocycles. The molecule has 0 saturated carbocycles. The highest BCUT2D eigenvalue weighted by molar-refractivity contribution is 6.34. The minimum absolute atomic E-state index is 0.0448. The van der Waals surface area contributed by atoms with Crippen LogP contribution in [-0.4, -0.2) is 53.1 Å². The Kier molecular flexibility index (Phi) is 9.67. The maximum absolute atomic E-state index is 13.4. The van der Waals surface area contributed by atoms with Crippen LogP contribution in [0.3, 0.4) is 0 Å². The van der Waals surface area contributed by atoms with E-state index >= 15 is 0 Å². The van der Waals surface area contributed by atoms with Gasteiger partial charge in [-0.05, 0) is 62.1 Å². The molecule has 4 rings (SSSR count). The fourth-order valence-corrected chi connectivity index (χ4v) is 4.42. The van der Waals surface area contributed by atoms with Crippen molar-refractivity contribution in [3.8, 4) is 11.5 Å². The van der Waals surface area contributed by atoms with Gasteiger partial charge in [0.25, 0.3) is 11.8 Å². The van der Waals surface area contributed by atoms with Crippen LogP contribution in [0.5, 0.6) is 11.5 Å². The summed E-state index contributed by atoms with van der Waals surface area (Å²) < 4.78 is 17.5. The van der Waals surface area contributed by atoms with Gasteiger partial charge in [-0.25, -0.2) is 9.78 Å². The zero-order chi connectivity index (χ0) is 32.0. The predicted octanol–water partition coefficient (Wildman–Crippen LogP) is 5.84. The Morgan fingerprint density at radius 3 is 1.82 bits per heavy atom. The number of benzene rings is 3. The van der Waals surface area contributed by atoms with E-state index in [2.05, 4.69) is 36.4 Å². The Morgan fingerprint density at radius 1 is 0.750 bits per heavy atom. The molecule has 0 radical (unpaired) electrons. The molecule has 0 spiro atoms. The van der Waals surface area contributed by atoms with Gasteiger partial charge in [-0.15, -0.1) is 0 Å². The number of aromatic nitrogens is 2. The number of hydrogen-bond donors (Lipinski definition) is 2. The van der Waals surface area contributed by atoms with E-state index in [0.717, 1.165) is 10.1 Å². The number of esters is 1. The van der Waals surface area contributed by atoms with Crippen LogP contribution in [0, 0.1) is 0 Å². The molecule has 0 bridgehead atoms. The molecule has 1 aromatic heterocycles. The lowest BCUT2D eigenvalue weighted by Gasteiger charge is -2.19. The van der Waals surface area contributed by atoms with E-state index in [-0.39, 0.29) is 29.0 Å². The van der Waals surface area contributed by atoms with Crippen LogP contribution in [0.15, 0.2) is 60.9 Å². The average Bonchev–Trinajstić information content (AvgIpc) is 3.42. The lowest BCUT2D eigenvalue weighted by molar-refractivity contribution is -0.138. The lowest BCUT2D eigenvalue weighted by atomic mass is 9.87. The van der Waals surface area contributed by atoms with Crippen LogP contribution in [0.4, 0.5) is 11.4 Å². The fraction of sp³-hybridized carbons (Fsp3) is 0.303. The van der Waals surface area contributed by atoms with E-state index in [4.69, 9.17) is 14.2 Å². The van der Waals surface area contributed by atoms with Crippen LogP contribution >= 0.6 is 0 Å². The van der Waals surface area contributed by atoms with Crippen molar-refractivity contribution in [3.63, 3.8) is 0 Å². The van der Waals surface area contributed by atoms with Gasteiger partial charge in [0.2, 0.25) is 0 Å². The highest BCUT2D eigenvalue weighted by atomic mass is 16.5. The molecule has 2 N–H and O–H groups in total. The van der Waals surface area contributed by atoms with Crippen molar-refractivity contribution in [2.45, 2.75) is 47.0 Å². The average molecular weight is 601 g/mol. The molecule has 44 heavy (non-hydrogen) atoms. The molecule has 0 aliphatic rings. The van der Waals surface area contributed by atoms with Crippen molar-refractivity contribution < 1.29 is 33.4 Å². The molecule has 0 fully saturated rings. The second-order valence-electron chi connectivity index (χ2n) is 10.8. The SMILES string of the molecule is CCOC(=O)C(=O)n1cnc2ccc(C(=O)Nc3cc(OCC)c(NC(=O)c4ccc(C(C)(C)C)cc4)cc3OCC)cc21. The summed E-state index contributed by atoms with van der Waals surface area (Å²) in [7, 11) is 0. The molecule has 1 heterocycles. The second kappa shape index (κ2) is 13.4. The number of amides is 2. The number of carbonyl (C=O) groups excluding carboxylic acids is 4. The Labute approximate surface area is 255 Å². The molecule has 0 aliphatic carbocycles. The van der Waals surface area contributed by atoms with Crippen molar-refractivity contribution in [1.29, 1.82) is 0 Å². The number of fused-ring (bicyclic) bond motifs is 1. The summed E-state index contributed by atoms with van der Waals surface area (Å²) in [6.45, 7) is 12.2. The largest absolute Gasteiger partial charge is 0.492 e. The minimum atomic E-state index is -1.03. The highest BCUT2D eigenvalue weighted by Gasteiger charge is 2.22. The van der Waals surface area contributed by atoms with Gasteiger partial charge in [0.05, 0.1) is 42.2 Å². The van der Waals surface area contributed by atoms with Gasteiger partial charge in [0.15, 0.2) is 0 Å². The van der Waals surface area contributed by atoms with E-state index in [1.807, 2.05) is 19.1 Å². The van der Waals surface area contributed by atoms with Gasteiger partial charge in [-0.1, -0.05) is 32.9 Å². The van der Waals surface area contributed by atoms with Gasteiger partial charge >= 0.3 is 11.9 Å². The highest BCUT2D eigenvalue weighted by Crippen LogP contribution is 2.37. The molecule has 0 unspecified atom stereocenters. The standard InChI is InChI=1S/C33H36N4O7/c1-7-42-27-18-25(28(43-8-2)17-24(27)35-29(38)20-10-13-22(14-11-20)33(4,5)6)36-30(39)21-12-15-23-26(16-21)37(19-34-23)31(40)32(41)44-9-3/h10-19H,7-9H2,1-6H3,(H,35,38)(H,36,39). The Bertz CT molecular complexity index is 1700. The van der Waals surface area contributed by atoms with Crippen molar-refractivity contribution in [3.05, 3.63) is 77.6 Å². The van der Waals surface area contributed by atoms with Crippen LogP contribution in [0.1, 0.15) is 72.6 Å². The van der Waals surface area contributed by atoms with E-state index < -0.39 is 17.8 Å². The Morgan fingerprint density at radius 2 is 1.30 bits per heavy atom. The molecule has 0 aliphatic heterocycles. The smallest absolute Gasteiger partial charge is 0.397 e. The van der Waals surface area contributed by atoms with Crippen molar-refractivity contribution in [2.75, 3.05) is 30.5 Å². The molecule has 2 amide bonds. The Hall–Kier alpha value is -5.19. The predicted molar refractivity (Wildman–Crippen MR) is 167 cm³/mol. The maximum Gasteiger partial charge on any atom is 0.397 e. The van der Waals surface area contributed by atoms with Crippen LogP contribution in [0.2, 0.25) is 0 Å². The molecule has 3 aromatic carbocycles. The summed E-state index contributed by atoms with van der Waals surface area (Å²) in [5.74, 6) is -2.14. The number of nitrogens with one attached hydrogen (secondary N) is 2. The van der Waals surface area contributed by atoms with Crippen molar-refractivity contribution in [2.24, 2.45) is 0 Å². The lowest BCUT2D eigenvalue weighted by Crippen LogP contribution is -2.23. The molecule has 11 nitrogen and oxygen atoms in total. The number of nitrogens with zero attached hydrogens (tertiary/aromatic N) is 2. The first kappa shape index (κ1) is 31.7. The number of carbonyl (C=O) groups is 4. The van der Waals surface area contributed by atoms with Gasteiger partial charge in [-0.3, -0.25) is 19.0 Å². The minimum Gasteiger partial charge on any atom is -0.492 e. The second-order valence-corrected chi connectivity index (χ2v) is 10.8. The molecular weight excluding hydrogens is 564 g/mol. The van der Waals surface area contributed by atoms with E-state index in [1.165, 1.54) is 12.4 Å². The van der Waals surface area contributed by atoms with E-state index in [1.54, 1.807) is 50.2 Å². The van der Waals surface area contributed by atoms with Crippen molar-refractivity contribution >= 4 is 46.1 Å². The quantitative estimate of drug-likeness (QED) is 0.181. The first-order chi connectivity index (χ1) is 21.0. The number of anilines is 2. The number of imidazole rings is 1. The first-order valence-corrected chi connectivity index (χ1v) is 14.3. The Balaban J connectivity index is 1.62. The molecule has 4 aromatic rings. The van der Waals surface area contributed by atoms with E-state index in [0.29, 0.717) is 47.2 Å². The van der Waals surface area contributed by atoms with Gasteiger partial charge in [0, 0.05) is 23.3 Å². The summed E-state index contributed by atoms with van der Waals surface area (Å²) in [6, 6.07) is 15.2. The molecule has 0 atom stereocenters. The summed E-state index contributed by atoms with van der Waals surface area (Å²) in [6.07, 6.45) is 1.21. The molecule has 11 heteroatoms. The van der Waals surface area contributed by atoms with Crippen LogP contribution in [-0.2, 0) is 14.9 Å². The zero-order valence-corrected chi connectivity index (χ0v) is 25.6. The van der Waals surface area contributed by atoms with Crippen LogP contribution in [0.25, 0.3) is 11.0 Å². The summed E-state index contributed by atoms with van der Waals surface area (Å²) in [4.78, 5) is 55.2. The fourth-order valence-electron chi connectivity index (χ4n) is 4.42. The summed E-state index contributed by atoms with van der Waals surface area (Å²) in [5, 5.41) is 5.73. The van der Waals surface area contributed by atoms with Crippen molar-refractivity contribution in [1.82, 2.24) is 9.55 Å².